The molecule has 0 unspecified atom stereocenters. The average Bonchev–Trinajstić information content (AvgIpc) is 3.13. The zero-order valence-corrected chi connectivity index (χ0v) is 12.3. The number of hydrogen-bond donors (Lipinski definition) is 1. The highest BCUT2D eigenvalue weighted by atomic mass is 35.5. The van der Waals surface area contributed by atoms with Crippen molar-refractivity contribution in [2.24, 2.45) is 7.05 Å². The second-order valence-corrected chi connectivity index (χ2v) is 5.73. The summed E-state index contributed by atoms with van der Waals surface area (Å²) in [6.07, 6.45) is 2.29. The molecule has 0 amide bonds. The lowest BCUT2D eigenvalue weighted by molar-refractivity contribution is 0.628. The lowest BCUT2D eigenvalue weighted by atomic mass is 10.3. The molecule has 106 valence electrons. The third-order valence-electron chi connectivity index (χ3n) is 3.24. The third-order valence-corrected chi connectivity index (χ3v) is 3.76. The van der Waals surface area contributed by atoms with E-state index in [0.29, 0.717) is 12.5 Å². The van der Waals surface area contributed by atoms with Crippen molar-refractivity contribution in [2.75, 3.05) is 5.32 Å². The Balaban J connectivity index is 1.76. The molecule has 1 heterocycles. The SMILES string of the molecule is Cn1nc(C2CC2)nc1CNc1c(F)cc(Cl)cc1Cl. The van der Waals surface area contributed by atoms with Gasteiger partial charge < -0.3 is 5.32 Å². The molecule has 7 heteroatoms. The molecular formula is C13H13Cl2FN4. The Morgan fingerprint density at radius 1 is 1.40 bits per heavy atom. The maximum Gasteiger partial charge on any atom is 0.154 e. The molecule has 3 rings (SSSR count). The van der Waals surface area contributed by atoms with E-state index in [2.05, 4.69) is 15.4 Å². The normalized spacial score (nSPS) is 14.6. The van der Waals surface area contributed by atoms with Gasteiger partial charge in [-0.25, -0.2) is 9.37 Å². The first-order chi connectivity index (χ1) is 9.54. The molecule has 1 aliphatic rings. The maximum atomic E-state index is 13.8. The molecular weight excluding hydrogens is 302 g/mol. The van der Waals surface area contributed by atoms with Gasteiger partial charge in [-0.1, -0.05) is 23.2 Å². The summed E-state index contributed by atoms with van der Waals surface area (Å²) in [5.41, 5.74) is 0.229. The first kappa shape index (κ1) is 13.6. The van der Waals surface area contributed by atoms with Crippen molar-refractivity contribution in [1.29, 1.82) is 0 Å². The van der Waals surface area contributed by atoms with E-state index in [-0.39, 0.29) is 15.7 Å². The van der Waals surface area contributed by atoms with Crippen LogP contribution in [0.5, 0.6) is 0 Å². The number of nitrogens with one attached hydrogen (secondary N) is 1. The highest BCUT2D eigenvalue weighted by Crippen LogP contribution is 2.38. The van der Waals surface area contributed by atoms with Gasteiger partial charge >= 0.3 is 0 Å². The summed E-state index contributed by atoms with van der Waals surface area (Å²) in [5.74, 6) is 1.63. The Morgan fingerprint density at radius 2 is 2.15 bits per heavy atom. The van der Waals surface area contributed by atoms with Crippen LogP contribution in [-0.2, 0) is 13.6 Å². The van der Waals surface area contributed by atoms with Crippen molar-refractivity contribution in [3.8, 4) is 0 Å². The van der Waals surface area contributed by atoms with Crippen LogP contribution in [0.25, 0.3) is 0 Å². The Hall–Kier alpha value is -1.33. The van der Waals surface area contributed by atoms with Crippen molar-refractivity contribution in [3.05, 3.63) is 39.6 Å². The number of anilines is 1. The average molecular weight is 315 g/mol. The van der Waals surface area contributed by atoms with Crippen LogP contribution in [0.4, 0.5) is 10.1 Å². The van der Waals surface area contributed by atoms with Crippen molar-refractivity contribution < 1.29 is 4.39 Å². The number of nitrogens with zero attached hydrogens (tertiary/aromatic N) is 3. The van der Waals surface area contributed by atoms with E-state index in [1.54, 1.807) is 4.68 Å². The molecule has 0 bridgehead atoms. The number of halogens is 3. The lowest BCUT2D eigenvalue weighted by Gasteiger charge is -2.09. The quantitative estimate of drug-likeness (QED) is 0.934. The van der Waals surface area contributed by atoms with Crippen molar-refractivity contribution in [3.63, 3.8) is 0 Å². The minimum absolute atomic E-state index is 0.229. The van der Waals surface area contributed by atoms with E-state index in [0.717, 1.165) is 24.5 Å². The van der Waals surface area contributed by atoms with Crippen LogP contribution < -0.4 is 5.32 Å². The van der Waals surface area contributed by atoms with Gasteiger partial charge in [0.2, 0.25) is 0 Å². The Bertz CT molecular complexity index is 629. The van der Waals surface area contributed by atoms with E-state index >= 15 is 0 Å². The number of aromatic nitrogens is 3. The fourth-order valence-electron chi connectivity index (χ4n) is 1.99. The van der Waals surface area contributed by atoms with Crippen LogP contribution in [-0.4, -0.2) is 14.8 Å². The van der Waals surface area contributed by atoms with Gasteiger partial charge in [0, 0.05) is 18.0 Å². The van der Waals surface area contributed by atoms with Crippen LogP contribution >= 0.6 is 23.2 Å². The third kappa shape index (κ3) is 2.74. The number of rotatable bonds is 4. The summed E-state index contributed by atoms with van der Waals surface area (Å²) in [6, 6.07) is 2.73. The molecule has 20 heavy (non-hydrogen) atoms. The molecule has 1 aliphatic carbocycles. The van der Waals surface area contributed by atoms with Gasteiger partial charge in [-0.05, 0) is 25.0 Å². The lowest BCUT2D eigenvalue weighted by Crippen LogP contribution is -2.08. The van der Waals surface area contributed by atoms with Crippen molar-refractivity contribution >= 4 is 28.9 Å². The Labute approximate surface area is 125 Å². The fourth-order valence-corrected chi connectivity index (χ4v) is 2.52. The predicted molar refractivity (Wildman–Crippen MR) is 76.7 cm³/mol. The minimum Gasteiger partial charge on any atom is -0.374 e. The van der Waals surface area contributed by atoms with Crippen LogP contribution in [0, 0.1) is 5.82 Å². The largest absolute Gasteiger partial charge is 0.374 e. The standard InChI is InChI=1S/C13H13Cl2FN4/c1-20-11(18-13(19-20)7-2-3-7)6-17-12-9(15)4-8(14)5-10(12)16/h4-5,7,17H,2-3,6H2,1H3. The van der Waals surface area contributed by atoms with Gasteiger partial charge in [-0.3, -0.25) is 4.68 Å². The molecule has 1 aromatic heterocycles. The molecule has 4 nitrogen and oxygen atoms in total. The second-order valence-electron chi connectivity index (χ2n) is 4.88. The minimum atomic E-state index is -0.480. The molecule has 0 aliphatic heterocycles. The molecule has 1 N–H and O–H groups in total. The molecule has 1 aromatic carbocycles. The first-order valence-corrected chi connectivity index (χ1v) is 7.08. The van der Waals surface area contributed by atoms with Crippen molar-refractivity contribution in [1.82, 2.24) is 14.8 Å². The van der Waals surface area contributed by atoms with E-state index in [1.165, 1.54) is 12.1 Å². The molecule has 0 atom stereocenters. The molecule has 0 saturated heterocycles. The molecule has 1 fully saturated rings. The molecule has 2 aromatic rings. The Morgan fingerprint density at radius 3 is 2.80 bits per heavy atom. The smallest absolute Gasteiger partial charge is 0.154 e. The summed E-state index contributed by atoms with van der Waals surface area (Å²) in [7, 11) is 1.83. The van der Waals surface area contributed by atoms with Gasteiger partial charge in [0.05, 0.1) is 17.3 Å². The van der Waals surface area contributed by atoms with Crippen LogP contribution in [0.15, 0.2) is 12.1 Å². The van der Waals surface area contributed by atoms with Gasteiger partial charge in [-0.15, -0.1) is 0 Å². The highest BCUT2D eigenvalue weighted by Gasteiger charge is 2.28. The van der Waals surface area contributed by atoms with Crippen LogP contribution in [0.2, 0.25) is 10.0 Å². The van der Waals surface area contributed by atoms with Gasteiger partial charge in [0.15, 0.2) is 5.82 Å². The van der Waals surface area contributed by atoms with E-state index in [1.807, 2.05) is 7.05 Å². The molecule has 1 saturated carbocycles. The van der Waals surface area contributed by atoms with Crippen LogP contribution in [0.3, 0.4) is 0 Å². The summed E-state index contributed by atoms with van der Waals surface area (Å²) in [4.78, 5) is 4.46. The summed E-state index contributed by atoms with van der Waals surface area (Å²) in [6.45, 7) is 0.356. The van der Waals surface area contributed by atoms with Gasteiger partial charge in [0.1, 0.15) is 11.6 Å². The van der Waals surface area contributed by atoms with Gasteiger partial charge in [-0.2, -0.15) is 5.10 Å². The van der Waals surface area contributed by atoms with Crippen molar-refractivity contribution in [2.45, 2.75) is 25.3 Å². The highest BCUT2D eigenvalue weighted by molar-refractivity contribution is 6.36. The summed E-state index contributed by atoms with van der Waals surface area (Å²) < 4.78 is 15.5. The number of benzene rings is 1. The van der Waals surface area contributed by atoms with Gasteiger partial charge in [0.25, 0.3) is 0 Å². The zero-order chi connectivity index (χ0) is 14.3. The van der Waals surface area contributed by atoms with Crippen LogP contribution in [0.1, 0.15) is 30.4 Å². The number of aryl methyl sites for hydroxylation is 1. The fraction of sp³-hybridized carbons (Fsp3) is 0.385. The van der Waals surface area contributed by atoms with E-state index in [4.69, 9.17) is 23.2 Å². The monoisotopic (exact) mass is 314 g/mol. The molecule has 0 spiro atoms. The maximum absolute atomic E-state index is 13.8. The summed E-state index contributed by atoms with van der Waals surface area (Å²) in [5, 5.41) is 7.83. The zero-order valence-electron chi connectivity index (χ0n) is 10.8. The topological polar surface area (TPSA) is 42.7 Å². The molecule has 0 radical (unpaired) electrons. The summed E-state index contributed by atoms with van der Waals surface area (Å²) >= 11 is 11.7. The first-order valence-electron chi connectivity index (χ1n) is 6.33. The van der Waals surface area contributed by atoms with E-state index in [9.17, 15) is 4.39 Å². The number of hydrogen-bond acceptors (Lipinski definition) is 3. The second kappa shape index (κ2) is 5.22. The Kier molecular flexibility index (Phi) is 3.56. The predicted octanol–water partition coefficient (Wildman–Crippen LogP) is 3.75. The van der Waals surface area contributed by atoms with E-state index < -0.39 is 5.82 Å².